The van der Waals surface area contributed by atoms with Crippen molar-refractivity contribution < 1.29 is 23.1 Å². The Labute approximate surface area is 194 Å². The number of phenols is 1. The summed E-state index contributed by atoms with van der Waals surface area (Å²) in [6.07, 6.45) is -0.917. The maximum absolute atomic E-state index is 13.9. The van der Waals surface area contributed by atoms with Crippen LogP contribution in [0, 0.1) is 0 Å². The second kappa shape index (κ2) is 8.46. The zero-order valence-corrected chi connectivity index (χ0v) is 19.4. The molecule has 1 aromatic carbocycles. The fourth-order valence-corrected chi connectivity index (χ4v) is 4.07. The molecule has 4 rings (SSSR count). The number of aromatic nitrogens is 3. The van der Waals surface area contributed by atoms with Gasteiger partial charge in [-0.2, -0.15) is 13.2 Å². The number of nitrogens with one attached hydrogen (secondary N) is 2. The molecule has 11 heteroatoms. The first-order valence-corrected chi connectivity index (χ1v) is 10.9. The number of nitrogens with zero attached hydrogens (tertiary/aromatic N) is 4. The molecule has 34 heavy (non-hydrogen) atoms. The zero-order valence-electron chi connectivity index (χ0n) is 19.4. The smallest absolute Gasteiger partial charge is 0.419 e. The van der Waals surface area contributed by atoms with Crippen molar-refractivity contribution in [2.75, 3.05) is 26.0 Å². The lowest BCUT2D eigenvalue weighted by Gasteiger charge is -2.36. The number of piperidine rings is 1. The summed E-state index contributed by atoms with van der Waals surface area (Å²) in [4.78, 5) is 22.2. The van der Waals surface area contributed by atoms with Crippen molar-refractivity contribution in [3.8, 4) is 17.0 Å². The fraction of sp³-hybridized carbons (Fsp3) is 0.435. The Hall–Kier alpha value is -3.34. The first-order chi connectivity index (χ1) is 15.9. The van der Waals surface area contributed by atoms with Crippen LogP contribution < -0.4 is 10.6 Å². The molecule has 0 spiro atoms. The van der Waals surface area contributed by atoms with Crippen molar-refractivity contribution in [2.24, 2.45) is 0 Å². The molecule has 0 saturated carbocycles. The van der Waals surface area contributed by atoms with Gasteiger partial charge in [-0.3, -0.25) is 4.57 Å². The van der Waals surface area contributed by atoms with Crippen LogP contribution in [-0.2, 0) is 6.18 Å². The Bertz CT molecular complexity index is 1230. The second-order valence-electron chi connectivity index (χ2n) is 9.39. The van der Waals surface area contributed by atoms with Crippen molar-refractivity contribution in [3.05, 3.63) is 36.2 Å². The van der Waals surface area contributed by atoms with Crippen molar-refractivity contribution >= 4 is 22.9 Å². The maximum atomic E-state index is 13.9. The molecule has 3 aromatic rings. The summed E-state index contributed by atoms with van der Waals surface area (Å²) < 4.78 is 43.0. The van der Waals surface area contributed by atoms with Crippen LogP contribution >= 0.6 is 0 Å². The van der Waals surface area contributed by atoms with Crippen molar-refractivity contribution in [3.63, 3.8) is 0 Å². The number of hydrogen-bond acceptors (Lipinski definition) is 6. The Morgan fingerprint density at radius 3 is 2.68 bits per heavy atom. The van der Waals surface area contributed by atoms with E-state index in [0.29, 0.717) is 11.9 Å². The minimum absolute atomic E-state index is 0.00327. The number of halogens is 3. The maximum Gasteiger partial charge on any atom is 0.419 e. The average Bonchev–Trinajstić information content (AvgIpc) is 3.12. The number of carbonyl (C=O) groups is 1. The lowest BCUT2D eigenvalue weighted by atomic mass is 9.91. The van der Waals surface area contributed by atoms with E-state index in [2.05, 4.69) is 34.4 Å². The quantitative estimate of drug-likeness (QED) is 0.522. The normalized spacial score (nSPS) is 18.1. The zero-order chi connectivity index (χ0) is 24.8. The van der Waals surface area contributed by atoms with Crippen LogP contribution in [0.25, 0.3) is 22.2 Å². The van der Waals surface area contributed by atoms with Gasteiger partial charge in [-0.25, -0.2) is 14.8 Å². The van der Waals surface area contributed by atoms with E-state index in [4.69, 9.17) is 0 Å². The third-order valence-corrected chi connectivity index (χ3v) is 6.01. The fourth-order valence-electron chi connectivity index (χ4n) is 4.07. The van der Waals surface area contributed by atoms with Gasteiger partial charge in [0.2, 0.25) is 5.95 Å². The summed E-state index contributed by atoms with van der Waals surface area (Å²) in [6, 6.07) is 3.66. The number of fused-ring (bicyclic) bond motifs is 1. The molecule has 3 heterocycles. The molecule has 1 aliphatic rings. The third-order valence-electron chi connectivity index (χ3n) is 6.01. The molecule has 1 fully saturated rings. The summed E-state index contributed by atoms with van der Waals surface area (Å²) in [6.45, 7) is 4.82. The highest BCUT2D eigenvalue weighted by atomic mass is 19.4. The van der Waals surface area contributed by atoms with Crippen molar-refractivity contribution in [1.82, 2.24) is 24.8 Å². The summed E-state index contributed by atoms with van der Waals surface area (Å²) >= 11 is 0. The highest BCUT2D eigenvalue weighted by Crippen LogP contribution is 2.40. The molecule has 2 aromatic heterocycles. The number of phenolic OH excluding ortho intramolecular Hbond substituents is 1. The van der Waals surface area contributed by atoms with E-state index >= 15 is 0 Å². The molecule has 3 N–H and O–H groups in total. The van der Waals surface area contributed by atoms with Gasteiger partial charge in [0, 0.05) is 61.6 Å². The molecule has 0 bridgehead atoms. The summed E-state index contributed by atoms with van der Waals surface area (Å²) in [7, 11) is 3.06. The predicted octanol–water partition coefficient (Wildman–Crippen LogP) is 4.29. The Morgan fingerprint density at radius 1 is 1.32 bits per heavy atom. The van der Waals surface area contributed by atoms with Crippen LogP contribution in [0.1, 0.15) is 32.3 Å². The highest BCUT2D eigenvalue weighted by Gasteiger charge is 2.37. The van der Waals surface area contributed by atoms with E-state index in [1.54, 1.807) is 0 Å². The number of anilines is 1. The molecule has 0 unspecified atom stereocenters. The Balaban J connectivity index is 1.83. The van der Waals surface area contributed by atoms with Crippen LogP contribution in [0.4, 0.5) is 23.9 Å². The average molecular weight is 477 g/mol. The van der Waals surface area contributed by atoms with Gasteiger partial charge in [0.1, 0.15) is 11.3 Å². The van der Waals surface area contributed by atoms with Crippen LogP contribution in [0.5, 0.6) is 5.75 Å². The lowest BCUT2D eigenvalue weighted by molar-refractivity contribution is -0.137. The van der Waals surface area contributed by atoms with E-state index in [1.807, 2.05) is 0 Å². The topological polar surface area (TPSA) is 95.3 Å². The Kier molecular flexibility index (Phi) is 5.92. The van der Waals surface area contributed by atoms with E-state index in [-0.39, 0.29) is 40.1 Å². The minimum atomic E-state index is -4.71. The standard InChI is InChI=1S/C23H27F3N6O2/c1-22(2)8-7-13(10-28-22)29-20-27-11-17(23(24,25)26)19(30-20)16-12-32(21(34)31(3)4)18-9-14(33)5-6-15(16)18/h5-6,9,11-13,28,33H,7-8,10H2,1-4H3,(H,27,29,30)/t13-/m0/s1. The van der Waals surface area contributed by atoms with Gasteiger partial charge in [-0.1, -0.05) is 0 Å². The van der Waals surface area contributed by atoms with Crippen LogP contribution in [-0.4, -0.2) is 62.8 Å². The summed E-state index contributed by atoms with van der Waals surface area (Å²) in [5.41, 5.74) is -0.962. The number of aromatic hydroxyl groups is 1. The Morgan fingerprint density at radius 2 is 2.06 bits per heavy atom. The number of rotatable bonds is 3. The molecule has 182 valence electrons. The largest absolute Gasteiger partial charge is 0.508 e. The highest BCUT2D eigenvalue weighted by molar-refractivity contribution is 6.01. The first kappa shape index (κ1) is 23.8. The molecule has 1 atom stereocenters. The van der Waals surface area contributed by atoms with Gasteiger partial charge in [-0.15, -0.1) is 0 Å². The van der Waals surface area contributed by atoms with Gasteiger partial charge >= 0.3 is 12.2 Å². The summed E-state index contributed by atoms with van der Waals surface area (Å²) in [5.74, 6) is -0.0353. The monoisotopic (exact) mass is 476 g/mol. The SMILES string of the molecule is CN(C)C(=O)n1cc(-c2nc(N[C@H]3CCC(C)(C)NC3)ncc2C(F)(F)F)c2ccc(O)cc21. The van der Waals surface area contributed by atoms with Crippen LogP contribution in [0.2, 0.25) is 0 Å². The number of carbonyl (C=O) groups excluding carboxylic acids is 1. The second-order valence-corrected chi connectivity index (χ2v) is 9.39. The number of benzene rings is 1. The van der Waals surface area contributed by atoms with Crippen molar-refractivity contribution in [2.45, 2.75) is 44.4 Å². The van der Waals surface area contributed by atoms with Gasteiger partial charge in [0.25, 0.3) is 0 Å². The minimum Gasteiger partial charge on any atom is -0.508 e. The molecular weight excluding hydrogens is 449 g/mol. The van der Waals surface area contributed by atoms with E-state index in [1.165, 1.54) is 48.0 Å². The molecule has 0 aliphatic carbocycles. The van der Waals surface area contributed by atoms with Gasteiger partial charge in [0.15, 0.2) is 0 Å². The van der Waals surface area contributed by atoms with Crippen LogP contribution in [0.15, 0.2) is 30.6 Å². The van der Waals surface area contributed by atoms with Gasteiger partial charge < -0.3 is 20.6 Å². The van der Waals surface area contributed by atoms with E-state index in [0.717, 1.165) is 19.0 Å². The van der Waals surface area contributed by atoms with Crippen LogP contribution in [0.3, 0.4) is 0 Å². The number of amides is 1. The van der Waals surface area contributed by atoms with Gasteiger partial charge in [-0.05, 0) is 38.8 Å². The molecule has 1 saturated heterocycles. The first-order valence-electron chi connectivity index (χ1n) is 10.9. The molecule has 1 aliphatic heterocycles. The molecular formula is C23H27F3N6O2. The lowest BCUT2D eigenvalue weighted by Crippen LogP contribution is -2.50. The third kappa shape index (κ3) is 4.65. The van der Waals surface area contributed by atoms with Gasteiger partial charge in [0.05, 0.1) is 11.2 Å². The molecule has 1 amide bonds. The molecule has 0 radical (unpaired) electrons. The number of hydrogen-bond donors (Lipinski definition) is 3. The van der Waals surface area contributed by atoms with E-state index < -0.39 is 17.8 Å². The van der Waals surface area contributed by atoms with Crippen molar-refractivity contribution in [1.29, 1.82) is 0 Å². The summed E-state index contributed by atoms with van der Waals surface area (Å²) in [5, 5.41) is 16.8. The predicted molar refractivity (Wildman–Crippen MR) is 123 cm³/mol. The molecule has 8 nitrogen and oxygen atoms in total. The van der Waals surface area contributed by atoms with E-state index in [9.17, 15) is 23.1 Å². The number of alkyl halides is 3.